The molecule has 0 aliphatic heterocycles. The first kappa shape index (κ1) is 12.1. The third-order valence-electron chi connectivity index (χ3n) is 3.92. The van der Waals surface area contributed by atoms with Gasteiger partial charge in [-0.25, -0.2) is 0 Å². The molecule has 0 spiro atoms. The number of aromatic nitrogens is 2. The Kier molecular flexibility index (Phi) is 2.93. The van der Waals surface area contributed by atoms with Gasteiger partial charge in [-0.05, 0) is 49.9 Å². The molecule has 1 heterocycles. The van der Waals surface area contributed by atoms with Gasteiger partial charge in [0.15, 0.2) is 0 Å². The molecular formula is C15H19N3O. The highest BCUT2D eigenvalue weighted by Gasteiger charge is 2.23. The van der Waals surface area contributed by atoms with Crippen molar-refractivity contribution in [2.24, 2.45) is 7.05 Å². The number of fused-ring (bicyclic) bond motifs is 1. The minimum atomic E-state index is 0.314. The predicted octanol–water partition coefficient (Wildman–Crippen LogP) is 2.92. The number of nitrogens with one attached hydrogen (secondary N) is 1. The fraction of sp³-hybridized carbons (Fsp3) is 0.400. The van der Waals surface area contributed by atoms with E-state index in [9.17, 15) is 5.11 Å². The molecule has 1 aliphatic carbocycles. The van der Waals surface area contributed by atoms with Crippen LogP contribution in [0.1, 0.15) is 35.7 Å². The first-order valence-electron chi connectivity index (χ1n) is 6.72. The molecule has 1 unspecified atom stereocenters. The lowest BCUT2D eigenvalue weighted by atomic mass is 9.92. The molecule has 1 aliphatic rings. The smallest absolute Gasteiger partial charge is 0.115 e. The summed E-state index contributed by atoms with van der Waals surface area (Å²) in [5, 5.41) is 17.4. The number of phenols is 1. The number of rotatable bonds is 2. The van der Waals surface area contributed by atoms with E-state index >= 15 is 0 Å². The van der Waals surface area contributed by atoms with Gasteiger partial charge in [0.25, 0.3) is 0 Å². The van der Waals surface area contributed by atoms with Crippen LogP contribution in [0.25, 0.3) is 0 Å². The van der Waals surface area contributed by atoms with Gasteiger partial charge in [0.2, 0.25) is 0 Å². The Bertz CT molecular complexity index is 603. The second kappa shape index (κ2) is 4.61. The van der Waals surface area contributed by atoms with Crippen LogP contribution >= 0.6 is 0 Å². The molecule has 19 heavy (non-hydrogen) atoms. The Balaban J connectivity index is 1.88. The van der Waals surface area contributed by atoms with Gasteiger partial charge in [0.1, 0.15) is 5.75 Å². The zero-order chi connectivity index (χ0) is 13.4. The summed E-state index contributed by atoms with van der Waals surface area (Å²) >= 11 is 0. The summed E-state index contributed by atoms with van der Waals surface area (Å²) in [7, 11) is 2.01. The van der Waals surface area contributed by atoms with E-state index < -0.39 is 0 Å². The summed E-state index contributed by atoms with van der Waals surface area (Å²) in [5.74, 6) is 0.314. The van der Waals surface area contributed by atoms with Crippen molar-refractivity contribution in [1.82, 2.24) is 9.78 Å². The van der Waals surface area contributed by atoms with Crippen LogP contribution in [-0.2, 0) is 13.5 Å². The van der Waals surface area contributed by atoms with Crippen LogP contribution in [0, 0.1) is 6.92 Å². The molecule has 0 saturated carbocycles. The minimum Gasteiger partial charge on any atom is -0.508 e. The highest BCUT2D eigenvalue weighted by Crippen LogP contribution is 2.33. The number of nitrogens with zero attached hydrogens (tertiary/aromatic N) is 2. The van der Waals surface area contributed by atoms with Crippen LogP contribution < -0.4 is 5.32 Å². The zero-order valence-electron chi connectivity index (χ0n) is 11.3. The van der Waals surface area contributed by atoms with Gasteiger partial charge >= 0.3 is 0 Å². The van der Waals surface area contributed by atoms with Gasteiger partial charge in [0, 0.05) is 24.0 Å². The van der Waals surface area contributed by atoms with Crippen molar-refractivity contribution in [3.8, 4) is 5.75 Å². The van der Waals surface area contributed by atoms with Crippen LogP contribution in [-0.4, -0.2) is 14.9 Å². The number of aryl methyl sites for hydroxylation is 2. The van der Waals surface area contributed by atoms with Crippen molar-refractivity contribution in [3.63, 3.8) is 0 Å². The topological polar surface area (TPSA) is 50.1 Å². The van der Waals surface area contributed by atoms with Crippen LogP contribution in [0.4, 0.5) is 5.69 Å². The van der Waals surface area contributed by atoms with Crippen LogP contribution in [0.2, 0.25) is 0 Å². The van der Waals surface area contributed by atoms with Gasteiger partial charge in [-0.1, -0.05) is 0 Å². The Morgan fingerprint density at radius 3 is 3.05 bits per heavy atom. The molecule has 2 N–H and O–H groups in total. The Morgan fingerprint density at radius 1 is 1.42 bits per heavy atom. The van der Waals surface area contributed by atoms with E-state index in [2.05, 4.69) is 10.4 Å². The van der Waals surface area contributed by atoms with E-state index in [4.69, 9.17) is 0 Å². The number of benzene rings is 1. The van der Waals surface area contributed by atoms with Crippen molar-refractivity contribution in [1.29, 1.82) is 0 Å². The number of aromatic hydroxyl groups is 1. The highest BCUT2D eigenvalue weighted by atomic mass is 16.3. The van der Waals surface area contributed by atoms with E-state index in [1.807, 2.05) is 30.9 Å². The molecule has 2 aromatic rings. The summed E-state index contributed by atoms with van der Waals surface area (Å²) in [6, 6.07) is 5.77. The summed E-state index contributed by atoms with van der Waals surface area (Å²) in [5.41, 5.74) is 4.79. The van der Waals surface area contributed by atoms with Gasteiger partial charge < -0.3 is 10.4 Å². The average molecular weight is 257 g/mol. The van der Waals surface area contributed by atoms with E-state index in [1.165, 1.54) is 17.7 Å². The van der Waals surface area contributed by atoms with E-state index in [1.54, 1.807) is 12.1 Å². The maximum absolute atomic E-state index is 9.46. The SMILES string of the molecule is Cc1cc(O)ccc1NC1CCCc2c1cnn2C. The molecule has 1 atom stereocenters. The molecule has 4 heteroatoms. The maximum atomic E-state index is 9.46. The van der Waals surface area contributed by atoms with Crippen molar-refractivity contribution in [3.05, 3.63) is 41.2 Å². The number of anilines is 1. The first-order chi connectivity index (χ1) is 9.15. The van der Waals surface area contributed by atoms with Crippen molar-refractivity contribution < 1.29 is 5.11 Å². The summed E-state index contributed by atoms with van der Waals surface area (Å²) in [6.45, 7) is 2.01. The maximum Gasteiger partial charge on any atom is 0.115 e. The number of hydrogen-bond donors (Lipinski definition) is 2. The monoisotopic (exact) mass is 257 g/mol. The Hall–Kier alpha value is -1.97. The molecule has 0 radical (unpaired) electrons. The van der Waals surface area contributed by atoms with Crippen LogP contribution in [0.3, 0.4) is 0 Å². The quantitative estimate of drug-likeness (QED) is 0.813. The van der Waals surface area contributed by atoms with Crippen molar-refractivity contribution >= 4 is 5.69 Å². The summed E-state index contributed by atoms with van der Waals surface area (Å²) < 4.78 is 1.98. The second-order valence-electron chi connectivity index (χ2n) is 5.26. The van der Waals surface area contributed by atoms with E-state index in [-0.39, 0.29) is 0 Å². The number of hydrogen-bond acceptors (Lipinski definition) is 3. The number of phenolic OH excluding ortho intramolecular Hbond substituents is 1. The average Bonchev–Trinajstić information content (AvgIpc) is 2.76. The van der Waals surface area contributed by atoms with Crippen molar-refractivity contribution in [2.45, 2.75) is 32.2 Å². The predicted molar refractivity (Wildman–Crippen MR) is 75.4 cm³/mol. The largest absolute Gasteiger partial charge is 0.508 e. The molecule has 0 saturated heterocycles. The molecule has 1 aromatic carbocycles. The molecule has 1 aromatic heterocycles. The van der Waals surface area contributed by atoms with Gasteiger partial charge in [0.05, 0.1) is 12.2 Å². The third kappa shape index (κ3) is 2.18. The fourth-order valence-corrected chi connectivity index (χ4v) is 2.85. The van der Waals surface area contributed by atoms with E-state index in [0.717, 1.165) is 24.1 Å². The minimum absolute atomic E-state index is 0.314. The lowest BCUT2D eigenvalue weighted by Gasteiger charge is -2.25. The first-order valence-corrected chi connectivity index (χ1v) is 6.72. The molecule has 100 valence electrons. The molecule has 0 fully saturated rings. The van der Waals surface area contributed by atoms with Gasteiger partial charge in [-0.15, -0.1) is 0 Å². The van der Waals surface area contributed by atoms with E-state index in [0.29, 0.717) is 11.8 Å². The van der Waals surface area contributed by atoms with Crippen LogP contribution in [0.15, 0.2) is 24.4 Å². The molecule has 0 amide bonds. The Morgan fingerprint density at radius 2 is 2.26 bits per heavy atom. The molecular weight excluding hydrogens is 238 g/mol. The molecule has 0 bridgehead atoms. The summed E-state index contributed by atoms with van der Waals surface area (Å²) in [6.07, 6.45) is 5.39. The second-order valence-corrected chi connectivity index (χ2v) is 5.26. The Labute approximate surface area is 113 Å². The fourth-order valence-electron chi connectivity index (χ4n) is 2.85. The zero-order valence-corrected chi connectivity index (χ0v) is 11.3. The lowest BCUT2D eigenvalue weighted by Crippen LogP contribution is -2.18. The third-order valence-corrected chi connectivity index (χ3v) is 3.92. The standard InChI is InChI=1S/C15H19N3O/c1-10-8-11(19)6-7-13(10)17-14-4-3-5-15-12(14)9-16-18(15)2/h6-9,14,17,19H,3-5H2,1-2H3. The molecule has 4 nitrogen and oxygen atoms in total. The summed E-state index contributed by atoms with van der Waals surface area (Å²) in [4.78, 5) is 0. The van der Waals surface area contributed by atoms with Gasteiger partial charge in [-0.2, -0.15) is 5.10 Å². The van der Waals surface area contributed by atoms with Gasteiger partial charge in [-0.3, -0.25) is 4.68 Å². The highest BCUT2D eigenvalue weighted by molar-refractivity contribution is 5.55. The van der Waals surface area contributed by atoms with Crippen LogP contribution in [0.5, 0.6) is 5.75 Å². The van der Waals surface area contributed by atoms with Crippen molar-refractivity contribution in [2.75, 3.05) is 5.32 Å². The lowest BCUT2D eigenvalue weighted by molar-refractivity contribution is 0.475. The normalized spacial score (nSPS) is 18.1. The molecule has 3 rings (SSSR count).